The van der Waals surface area contributed by atoms with Crippen molar-refractivity contribution in [2.45, 2.75) is 26.1 Å². The second-order valence-corrected chi connectivity index (χ2v) is 2.27. The highest BCUT2D eigenvalue weighted by atomic mass is 16.6. The number of unbranched alkanes of at least 4 members (excludes halogenated alkanes) is 1. The molecule has 0 amide bonds. The van der Waals surface area contributed by atoms with Gasteiger partial charge in [0.2, 0.25) is 0 Å². The molecule has 1 unspecified atom stereocenters. The van der Waals surface area contributed by atoms with E-state index in [2.05, 4.69) is 6.58 Å². The number of aldehydes is 1. The zero-order valence-corrected chi connectivity index (χ0v) is 6.75. The number of aliphatic hydroxyl groups is 1. The first-order valence-electron chi connectivity index (χ1n) is 3.66. The Balaban J connectivity index is 3.43. The van der Waals surface area contributed by atoms with Crippen LogP contribution >= 0.6 is 0 Å². The Morgan fingerprint density at radius 1 is 1.82 bits per heavy atom. The van der Waals surface area contributed by atoms with Crippen LogP contribution in [0.2, 0.25) is 0 Å². The molecule has 0 aliphatic heterocycles. The molecule has 0 rings (SSSR count). The maximum absolute atomic E-state index is 10.0. The van der Waals surface area contributed by atoms with E-state index in [-0.39, 0.29) is 5.57 Å². The Bertz CT molecular complexity index is 131. The molecular formula is C8H14O3. The van der Waals surface area contributed by atoms with E-state index in [4.69, 9.17) is 9.84 Å². The van der Waals surface area contributed by atoms with Crippen molar-refractivity contribution in [3.05, 3.63) is 12.2 Å². The molecule has 0 aliphatic rings. The molecule has 0 spiro atoms. The lowest BCUT2D eigenvalue weighted by molar-refractivity contribution is -0.112. The molecule has 0 fully saturated rings. The second-order valence-electron chi connectivity index (χ2n) is 2.27. The van der Waals surface area contributed by atoms with Crippen LogP contribution in [-0.4, -0.2) is 24.3 Å². The van der Waals surface area contributed by atoms with Crippen molar-refractivity contribution in [3.8, 4) is 0 Å². The Morgan fingerprint density at radius 2 is 2.45 bits per heavy atom. The standard InChI is InChI=1S/C8H14O3/c1-3-4-5-11-8(10)7(2)6-9/h6,8,10H,2-5H2,1H3. The molecule has 1 N–H and O–H groups in total. The molecule has 1 atom stereocenters. The molecule has 11 heavy (non-hydrogen) atoms. The van der Waals surface area contributed by atoms with Gasteiger partial charge in [0.15, 0.2) is 12.6 Å². The molecule has 0 radical (unpaired) electrons. The summed E-state index contributed by atoms with van der Waals surface area (Å²) in [4.78, 5) is 10.0. The Labute approximate surface area is 66.7 Å². The fraction of sp³-hybridized carbons (Fsp3) is 0.625. The van der Waals surface area contributed by atoms with E-state index >= 15 is 0 Å². The summed E-state index contributed by atoms with van der Waals surface area (Å²) in [5, 5.41) is 8.99. The normalized spacial score (nSPS) is 12.5. The number of carbonyl (C=O) groups is 1. The highest BCUT2D eigenvalue weighted by Gasteiger charge is 2.06. The number of hydrogen-bond acceptors (Lipinski definition) is 3. The Hall–Kier alpha value is -0.670. The van der Waals surface area contributed by atoms with Gasteiger partial charge in [0.25, 0.3) is 0 Å². The van der Waals surface area contributed by atoms with Crippen LogP contribution in [0.15, 0.2) is 12.2 Å². The van der Waals surface area contributed by atoms with Crippen molar-refractivity contribution >= 4 is 6.29 Å². The molecule has 0 saturated carbocycles. The average Bonchev–Trinajstić information content (AvgIpc) is 2.03. The molecule has 0 heterocycles. The van der Waals surface area contributed by atoms with Crippen LogP contribution in [-0.2, 0) is 9.53 Å². The first kappa shape index (κ1) is 10.3. The molecule has 0 aromatic carbocycles. The van der Waals surface area contributed by atoms with Gasteiger partial charge in [0, 0.05) is 5.57 Å². The van der Waals surface area contributed by atoms with E-state index in [1.165, 1.54) is 0 Å². The van der Waals surface area contributed by atoms with E-state index in [1.807, 2.05) is 6.92 Å². The third-order valence-corrected chi connectivity index (χ3v) is 1.24. The summed E-state index contributed by atoms with van der Waals surface area (Å²) in [7, 11) is 0. The monoisotopic (exact) mass is 158 g/mol. The third kappa shape index (κ3) is 4.70. The van der Waals surface area contributed by atoms with Gasteiger partial charge < -0.3 is 9.84 Å². The number of rotatable bonds is 6. The Kier molecular flexibility index (Phi) is 5.70. The van der Waals surface area contributed by atoms with Crippen LogP contribution in [0.5, 0.6) is 0 Å². The van der Waals surface area contributed by atoms with Crippen LogP contribution in [0.4, 0.5) is 0 Å². The minimum absolute atomic E-state index is 0.0705. The average molecular weight is 158 g/mol. The number of carbonyl (C=O) groups excluding carboxylic acids is 1. The smallest absolute Gasteiger partial charge is 0.183 e. The van der Waals surface area contributed by atoms with Gasteiger partial charge in [-0.05, 0) is 6.42 Å². The fourth-order valence-corrected chi connectivity index (χ4v) is 0.505. The summed E-state index contributed by atoms with van der Waals surface area (Å²) >= 11 is 0. The number of ether oxygens (including phenoxy) is 1. The highest BCUT2D eigenvalue weighted by molar-refractivity contribution is 5.72. The molecule has 0 bridgehead atoms. The molecule has 3 heteroatoms. The van der Waals surface area contributed by atoms with Crippen LogP contribution in [0, 0.1) is 0 Å². The molecule has 0 aliphatic carbocycles. The quantitative estimate of drug-likeness (QED) is 0.270. The lowest BCUT2D eigenvalue weighted by atomic mass is 10.3. The van der Waals surface area contributed by atoms with Gasteiger partial charge in [-0.15, -0.1) is 0 Å². The first-order chi connectivity index (χ1) is 5.22. The molecule has 0 saturated heterocycles. The van der Waals surface area contributed by atoms with E-state index < -0.39 is 6.29 Å². The van der Waals surface area contributed by atoms with Crippen LogP contribution in [0.3, 0.4) is 0 Å². The summed E-state index contributed by atoms with van der Waals surface area (Å²) in [5.74, 6) is 0. The summed E-state index contributed by atoms with van der Waals surface area (Å²) in [6.07, 6.45) is 1.25. The van der Waals surface area contributed by atoms with E-state index in [0.29, 0.717) is 12.9 Å². The minimum Gasteiger partial charge on any atom is -0.364 e. The molecule has 64 valence electrons. The largest absolute Gasteiger partial charge is 0.364 e. The zero-order valence-electron chi connectivity index (χ0n) is 6.75. The molecule has 0 aromatic rings. The number of aliphatic hydroxyl groups excluding tert-OH is 1. The predicted octanol–water partition coefficient (Wildman–Crippen LogP) is 0.877. The fourth-order valence-electron chi connectivity index (χ4n) is 0.505. The second kappa shape index (κ2) is 6.07. The Morgan fingerprint density at radius 3 is 2.91 bits per heavy atom. The predicted molar refractivity (Wildman–Crippen MR) is 42.1 cm³/mol. The SMILES string of the molecule is C=C(C=O)C(O)OCCCC. The summed E-state index contributed by atoms with van der Waals surface area (Å²) in [6.45, 7) is 5.79. The molecule has 3 nitrogen and oxygen atoms in total. The van der Waals surface area contributed by atoms with E-state index in [9.17, 15) is 4.79 Å². The van der Waals surface area contributed by atoms with Gasteiger partial charge in [-0.25, -0.2) is 0 Å². The van der Waals surface area contributed by atoms with Gasteiger partial charge in [-0.2, -0.15) is 0 Å². The molecular weight excluding hydrogens is 144 g/mol. The van der Waals surface area contributed by atoms with Gasteiger partial charge in [0.05, 0.1) is 6.61 Å². The lowest BCUT2D eigenvalue weighted by Gasteiger charge is -2.09. The van der Waals surface area contributed by atoms with Crippen molar-refractivity contribution in [1.82, 2.24) is 0 Å². The van der Waals surface area contributed by atoms with Crippen molar-refractivity contribution in [2.75, 3.05) is 6.61 Å². The molecule has 0 aromatic heterocycles. The summed E-state index contributed by atoms with van der Waals surface area (Å²) in [5.41, 5.74) is 0.0705. The zero-order chi connectivity index (χ0) is 8.69. The summed E-state index contributed by atoms with van der Waals surface area (Å²) < 4.78 is 4.86. The number of hydrogen-bond donors (Lipinski definition) is 1. The van der Waals surface area contributed by atoms with E-state index in [1.54, 1.807) is 0 Å². The van der Waals surface area contributed by atoms with Crippen molar-refractivity contribution in [3.63, 3.8) is 0 Å². The maximum atomic E-state index is 10.0. The first-order valence-corrected chi connectivity index (χ1v) is 3.66. The van der Waals surface area contributed by atoms with Gasteiger partial charge in [-0.1, -0.05) is 19.9 Å². The van der Waals surface area contributed by atoms with Crippen LogP contribution < -0.4 is 0 Å². The van der Waals surface area contributed by atoms with Gasteiger partial charge in [0.1, 0.15) is 0 Å². The highest BCUT2D eigenvalue weighted by Crippen LogP contribution is 1.99. The minimum atomic E-state index is -1.13. The van der Waals surface area contributed by atoms with Crippen molar-refractivity contribution in [1.29, 1.82) is 0 Å². The van der Waals surface area contributed by atoms with Crippen molar-refractivity contribution in [2.24, 2.45) is 0 Å². The van der Waals surface area contributed by atoms with Gasteiger partial charge in [-0.3, -0.25) is 4.79 Å². The van der Waals surface area contributed by atoms with Crippen molar-refractivity contribution < 1.29 is 14.6 Å². The maximum Gasteiger partial charge on any atom is 0.183 e. The topological polar surface area (TPSA) is 46.5 Å². The van der Waals surface area contributed by atoms with Crippen LogP contribution in [0.1, 0.15) is 19.8 Å². The van der Waals surface area contributed by atoms with E-state index in [0.717, 1.165) is 12.8 Å². The van der Waals surface area contributed by atoms with Crippen LogP contribution in [0.25, 0.3) is 0 Å². The summed E-state index contributed by atoms with van der Waals surface area (Å²) in [6, 6.07) is 0. The third-order valence-electron chi connectivity index (χ3n) is 1.24. The van der Waals surface area contributed by atoms with Gasteiger partial charge >= 0.3 is 0 Å². The lowest BCUT2D eigenvalue weighted by Crippen LogP contribution is -2.15.